The van der Waals surface area contributed by atoms with Crippen molar-refractivity contribution in [1.29, 1.82) is 0 Å². The largest absolute Gasteiger partial charge is 0.489 e. The van der Waals surface area contributed by atoms with Crippen molar-refractivity contribution in [1.82, 2.24) is 15.0 Å². The molecule has 0 spiro atoms. The van der Waals surface area contributed by atoms with Gasteiger partial charge in [-0.05, 0) is 22.0 Å². The zero-order chi connectivity index (χ0) is 15.4. The Balaban J connectivity index is 1.56. The number of piperidine rings is 1. The molecule has 1 saturated heterocycles. The van der Waals surface area contributed by atoms with Crippen LogP contribution in [0.4, 0.5) is 5.82 Å². The number of hydrogen-bond acceptors (Lipinski definition) is 6. The summed E-state index contributed by atoms with van der Waals surface area (Å²) in [6, 6.07) is 3.70. The Hall–Kier alpha value is -1.89. The minimum atomic E-state index is 0.201. The van der Waals surface area contributed by atoms with Crippen molar-refractivity contribution in [3.63, 3.8) is 0 Å². The number of pyridine rings is 1. The van der Waals surface area contributed by atoms with Gasteiger partial charge < -0.3 is 14.4 Å². The van der Waals surface area contributed by atoms with E-state index in [1.165, 1.54) is 0 Å². The Morgan fingerprint density at radius 3 is 2.64 bits per heavy atom. The number of anilines is 1. The van der Waals surface area contributed by atoms with Crippen molar-refractivity contribution < 1.29 is 9.47 Å². The molecule has 0 atom stereocenters. The van der Waals surface area contributed by atoms with E-state index >= 15 is 0 Å². The number of hydrogen-bond donors (Lipinski definition) is 0. The summed E-state index contributed by atoms with van der Waals surface area (Å²) in [5.74, 6) is 2.32. The molecule has 0 unspecified atom stereocenters. The quantitative estimate of drug-likeness (QED) is 0.830. The van der Waals surface area contributed by atoms with E-state index in [2.05, 4.69) is 35.8 Å². The summed E-state index contributed by atoms with van der Waals surface area (Å²) in [5.41, 5.74) is 0. The lowest BCUT2D eigenvalue weighted by Crippen LogP contribution is -2.38. The first kappa shape index (κ1) is 15.0. The lowest BCUT2D eigenvalue weighted by atomic mass is 10.1. The minimum Gasteiger partial charge on any atom is -0.489 e. The fourth-order valence-corrected chi connectivity index (χ4v) is 2.95. The molecule has 6 nitrogen and oxygen atoms in total. The van der Waals surface area contributed by atoms with Gasteiger partial charge in [0, 0.05) is 38.2 Å². The predicted octanol–water partition coefficient (Wildman–Crippen LogP) is 2.69. The highest BCUT2D eigenvalue weighted by Gasteiger charge is 2.22. The van der Waals surface area contributed by atoms with Crippen LogP contribution in [0.2, 0.25) is 0 Å². The van der Waals surface area contributed by atoms with Gasteiger partial charge in [0.15, 0.2) is 0 Å². The van der Waals surface area contributed by atoms with Gasteiger partial charge in [0.25, 0.3) is 0 Å². The third-order valence-corrected chi connectivity index (χ3v) is 4.17. The predicted molar refractivity (Wildman–Crippen MR) is 86.4 cm³/mol. The van der Waals surface area contributed by atoms with Gasteiger partial charge in [0.1, 0.15) is 24.0 Å². The maximum Gasteiger partial charge on any atom is 0.213 e. The van der Waals surface area contributed by atoms with E-state index in [9.17, 15) is 0 Å². The molecule has 0 aromatic carbocycles. The Labute approximate surface area is 137 Å². The second-order valence-electron chi connectivity index (χ2n) is 5.03. The van der Waals surface area contributed by atoms with Crippen LogP contribution in [0.25, 0.3) is 0 Å². The van der Waals surface area contributed by atoms with Gasteiger partial charge in [-0.2, -0.15) is 0 Å². The van der Waals surface area contributed by atoms with Crippen LogP contribution in [0, 0.1) is 0 Å². The van der Waals surface area contributed by atoms with Crippen molar-refractivity contribution in [2.75, 3.05) is 25.1 Å². The smallest absolute Gasteiger partial charge is 0.213 e. The van der Waals surface area contributed by atoms with E-state index < -0.39 is 0 Å². The standard InChI is InChI=1S/C15H17BrN4O2/c1-21-14-3-2-12(8-18-14)22-11-4-6-20(7-5-11)15-13(16)9-17-10-19-15/h2-3,8-11H,4-7H2,1H3. The van der Waals surface area contributed by atoms with Crippen LogP contribution in [0.1, 0.15) is 12.8 Å². The normalized spacial score (nSPS) is 15.6. The molecule has 1 fully saturated rings. The number of ether oxygens (including phenoxy) is 2. The molecule has 3 heterocycles. The molecular weight excluding hydrogens is 348 g/mol. The molecule has 0 radical (unpaired) electrons. The number of nitrogens with zero attached hydrogens (tertiary/aromatic N) is 4. The second kappa shape index (κ2) is 6.91. The number of rotatable bonds is 4. The minimum absolute atomic E-state index is 0.201. The van der Waals surface area contributed by atoms with Crippen LogP contribution in [0.5, 0.6) is 11.6 Å². The average Bonchev–Trinajstić information content (AvgIpc) is 2.57. The summed E-state index contributed by atoms with van der Waals surface area (Å²) in [6.45, 7) is 1.81. The first-order valence-electron chi connectivity index (χ1n) is 7.13. The fraction of sp³-hybridized carbons (Fsp3) is 0.400. The van der Waals surface area contributed by atoms with Crippen LogP contribution in [-0.2, 0) is 0 Å². The SMILES string of the molecule is COc1ccc(OC2CCN(c3ncncc3Br)CC2)cn1. The summed E-state index contributed by atoms with van der Waals surface area (Å²) in [4.78, 5) is 14.7. The Kier molecular flexibility index (Phi) is 4.72. The summed E-state index contributed by atoms with van der Waals surface area (Å²) in [5, 5.41) is 0. The van der Waals surface area contributed by atoms with E-state index in [0.717, 1.165) is 42.0 Å². The summed E-state index contributed by atoms with van der Waals surface area (Å²) in [6.07, 6.45) is 7.14. The van der Waals surface area contributed by atoms with Crippen LogP contribution in [-0.4, -0.2) is 41.3 Å². The molecule has 22 heavy (non-hydrogen) atoms. The van der Waals surface area contributed by atoms with Gasteiger partial charge in [-0.25, -0.2) is 15.0 Å². The summed E-state index contributed by atoms with van der Waals surface area (Å²) in [7, 11) is 1.60. The Bertz CT molecular complexity index is 615. The van der Waals surface area contributed by atoms with Crippen LogP contribution in [0.15, 0.2) is 35.3 Å². The zero-order valence-electron chi connectivity index (χ0n) is 12.3. The number of halogens is 1. The topological polar surface area (TPSA) is 60.4 Å². The van der Waals surface area contributed by atoms with Gasteiger partial charge >= 0.3 is 0 Å². The molecule has 2 aromatic rings. The highest BCUT2D eigenvalue weighted by Crippen LogP contribution is 2.26. The molecule has 1 aliphatic heterocycles. The Morgan fingerprint density at radius 2 is 2.00 bits per heavy atom. The van der Waals surface area contributed by atoms with Gasteiger partial charge in [-0.1, -0.05) is 0 Å². The number of methoxy groups -OCH3 is 1. The van der Waals surface area contributed by atoms with Crippen molar-refractivity contribution in [2.24, 2.45) is 0 Å². The zero-order valence-corrected chi connectivity index (χ0v) is 13.9. The van der Waals surface area contributed by atoms with Gasteiger partial charge in [-0.15, -0.1) is 0 Å². The Morgan fingerprint density at radius 1 is 1.18 bits per heavy atom. The van der Waals surface area contributed by atoms with E-state index in [4.69, 9.17) is 9.47 Å². The molecular formula is C15H17BrN4O2. The monoisotopic (exact) mass is 364 g/mol. The van der Waals surface area contributed by atoms with Crippen molar-refractivity contribution >= 4 is 21.7 Å². The third-order valence-electron chi connectivity index (χ3n) is 3.61. The molecule has 116 valence electrons. The first-order valence-corrected chi connectivity index (χ1v) is 7.92. The first-order chi connectivity index (χ1) is 10.8. The van der Waals surface area contributed by atoms with Crippen molar-refractivity contribution in [3.8, 4) is 11.6 Å². The lowest BCUT2D eigenvalue weighted by Gasteiger charge is -2.33. The maximum atomic E-state index is 5.98. The van der Waals surface area contributed by atoms with Crippen LogP contribution in [0.3, 0.4) is 0 Å². The molecule has 0 N–H and O–H groups in total. The summed E-state index contributed by atoms with van der Waals surface area (Å²) >= 11 is 3.50. The fourth-order valence-electron chi connectivity index (χ4n) is 2.47. The van der Waals surface area contributed by atoms with Gasteiger partial charge in [0.2, 0.25) is 5.88 Å². The van der Waals surface area contributed by atoms with Crippen molar-refractivity contribution in [3.05, 3.63) is 35.3 Å². The van der Waals surface area contributed by atoms with E-state index in [1.54, 1.807) is 25.8 Å². The molecule has 3 rings (SSSR count). The molecule has 2 aromatic heterocycles. The molecule has 0 aliphatic carbocycles. The molecule has 0 amide bonds. The maximum absolute atomic E-state index is 5.98. The third kappa shape index (κ3) is 3.47. The molecule has 1 aliphatic rings. The van der Waals surface area contributed by atoms with Crippen molar-refractivity contribution in [2.45, 2.75) is 18.9 Å². The average molecular weight is 365 g/mol. The van der Waals surface area contributed by atoms with Crippen LogP contribution >= 0.6 is 15.9 Å². The van der Waals surface area contributed by atoms with Crippen LogP contribution < -0.4 is 14.4 Å². The van der Waals surface area contributed by atoms with E-state index in [1.807, 2.05) is 12.1 Å². The van der Waals surface area contributed by atoms with Gasteiger partial charge in [0.05, 0.1) is 17.8 Å². The van der Waals surface area contributed by atoms with Gasteiger partial charge in [-0.3, -0.25) is 0 Å². The molecule has 0 saturated carbocycles. The highest BCUT2D eigenvalue weighted by molar-refractivity contribution is 9.10. The summed E-state index contributed by atoms with van der Waals surface area (Å²) < 4.78 is 11.9. The highest BCUT2D eigenvalue weighted by atomic mass is 79.9. The van der Waals surface area contributed by atoms with E-state index in [0.29, 0.717) is 5.88 Å². The lowest BCUT2D eigenvalue weighted by molar-refractivity contribution is 0.169. The molecule has 0 bridgehead atoms. The number of aromatic nitrogens is 3. The molecule has 7 heteroatoms. The van der Waals surface area contributed by atoms with E-state index in [-0.39, 0.29) is 6.10 Å². The second-order valence-corrected chi connectivity index (χ2v) is 5.89.